The normalized spacial score (nSPS) is 19.7. The van der Waals surface area contributed by atoms with Crippen LogP contribution in [0, 0.1) is 5.92 Å². The molecule has 0 spiro atoms. The van der Waals surface area contributed by atoms with E-state index in [2.05, 4.69) is 34.9 Å². The topological polar surface area (TPSA) is 105 Å². The molecule has 180 valence electrons. The summed E-state index contributed by atoms with van der Waals surface area (Å²) in [6.45, 7) is 2.22. The van der Waals surface area contributed by atoms with E-state index >= 15 is 0 Å². The summed E-state index contributed by atoms with van der Waals surface area (Å²) in [5.41, 5.74) is 4.69. The first-order valence-electron chi connectivity index (χ1n) is 12.1. The molecule has 4 rings (SSSR count). The zero-order chi connectivity index (χ0) is 24.1. The summed E-state index contributed by atoms with van der Waals surface area (Å²) in [4.78, 5) is 36.2. The molecule has 3 atom stereocenters. The van der Waals surface area contributed by atoms with Gasteiger partial charge in [-0.25, -0.2) is 4.79 Å². The SMILES string of the molecule is CCC[C@@H](CC(=O)O)NC(=O)[C@@H]1CC[C@H](NC(=O)OCC2c3ccccc3-c3ccccc32)C1. The van der Waals surface area contributed by atoms with Crippen molar-refractivity contribution < 1.29 is 24.2 Å². The third-order valence-corrected chi connectivity index (χ3v) is 6.87. The van der Waals surface area contributed by atoms with E-state index in [4.69, 9.17) is 9.84 Å². The van der Waals surface area contributed by atoms with Crippen molar-refractivity contribution in [3.05, 3.63) is 59.7 Å². The first-order valence-corrected chi connectivity index (χ1v) is 12.1. The maximum Gasteiger partial charge on any atom is 0.407 e. The largest absolute Gasteiger partial charge is 0.481 e. The predicted molar refractivity (Wildman–Crippen MR) is 128 cm³/mol. The van der Waals surface area contributed by atoms with Crippen LogP contribution in [0.4, 0.5) is 4.79 Å². The number of carbonyl (C=O) groups is 3. The average Bonchev–Trinajstić information content (AvgIpc) is 3.40. The van der Waals surface area contributed by atoms with Crippen molar-refractivity contribution in [3.63, 3.8) is 0 Å². The molecule has 0 aromatic heterocycles. The van der Waals surface area contributed by atoms with Crippen molar-refractivity contribution in [3.8, 4) is 11.1 Å². The van der Waals surface area contributed by atoms with E-state index in [1.165, 1.54) is 11.1 Å². The van der Waals surface area contributed by atoms with Gasteiger partial charge in [-0.2, -0.15) is 0 Å². The van der Waals surface area contributed by atoms with Crippen LogP contribution < -0.4 is 10.6 Å². The first-order chi connectivity index (χ1) is 16.5. The number of hydrogen-bond donors (Lipinski definition) is 3. The van der Waals surface area contributed by atoms with Crippen LogP contribution in [0.25, 0.3) is 11.1 Å². The number of aliphatic carboxylic acids is 1. The van der Waals surface area contributed by atoms with Gasteiger partial charge in [-0.1, -0.05) is 61.9 Å². The number of rotatable bonds is 9. The van der Waals surface area contributed by atoms with Gasteiger partial charge in [0.2, 0.25) is 5.91 Å². The number of carboxylic acid groups (broad SMARTS) is 1. The summed E-state index contributed by atoms with van der Waals surface area (Å²) in [7, 11) is 0. The van der Waals surface area contributed by atoms with Crippen molar-refractivity contribution >= 4 is 18.0 Å². The zero-order valence-corrected chi connectivity index (χ0v) is 19.5. The molecule has 3 N–H and O–H groups in total. The lowest BCUT2D eigenvalue weighted by atomic mass is 9.98. The van der Waals surface area contributed by atoms with E-state index in [1.807, 2.05) is 31.2 Å². The minimum atomic E-state index is -0.917. The van der Waals surface area contributed by atoms with Gasteiger partial charge in [0.1, 0.15) is 6.61 Å². The van der Waals surface area contributed by atoms with E-state index in [-0.39, 0.29) is 42.9 Å². The van der Waals surface area contributed by atoms with Crippen LogP contribution in [0.2, 0.25) is 0 Å². The third-order valence-electron chi connectivity index (χ3n) is 6.87. The van der Waals surface area contributed by atoms with E-state index in [0.29, 0.717) is 25.7 Å². The van der Waals surface area contributed by atoms with Crippen molar-refractivity contribution in [1.82, 2.24) is 10.6 Å². The van der Waals surface area contributed by atoms with Crippen LogP contribution in [-0.4, -0.2) is 41.8 Å². The van der Waals surface area contributed by atoms with Gasteiger partial charge >= 0.3 is 12.1 Å². The van der Waals surface area contributed by atoms with E-state index in [1.54, 1.807) is 0 Å². The van der Waals surface area contributed by atoms with Crippen molar-refractivity contribution in [1.29, 1.82) is 0 Å². The molecule has 7 nitrogen and oxygen atoms in total. The summed E-state index contributed by atoms with van der Waals surface area (Å²) >= 11 is 0. The van der Waals surface area contributed by atoms with Gasteiger partial charge in [0.15, 0.2) is 0 Å². The predicted octanol–water partition coefficient (Wildman–Crippen LogP) is 4.45. The molecule has 0 radical (unpaired) electrons. The lowest BCUT2D eigenvalue weighted by Crippen LogP contribution is -2.40. The number of nitrogens with one attached hydrogen (secondary N) is 2. The molecule has 0 heterocycles. The van der Waals surface area contributed by atoms with E-state index < -0.39 is 12.1 Å². The Balaban J connectivity index is 1.28. The van der Waals surface area contributed by atoms with Crippen LogP contribution in [0.1, 0.15) is 62.5 Å². The van der Waals surface area contributed by atoms with Crippen LogP contribution in [0.15, 0.2) is 48.5 Å². The molecule has 0 aliphatic heterocycles. The molecule has 2 aromatic rings. The fourth-order valence-electron chi connectivity index (χ4n) is 5.26. The molecule has 2 amide bonds. The molecule has 0 unspecified atom stereocenters. The molecule has 0 bridgehead atoms. The number of carboxylic acids is 1. The highest BCUT2D eigenvalue weighted by molar-refractivity contribution is 5.81. The number of alkyl carbamates (subject to hydrolysis) is 1. The summed E-state index contributed by atoms with van der Waals surface area (Å²) in [5.74, 6) is -1.27. The highest BCUT2D eigenvalue weighted by atomic mass is 16.5. The van der Waals surface area contributed by atoms with E-state index in [9.17, 15) is 14.4 Å². The van der Waals surface area contributed by atoms with Gasteiger partial charge in [0, 0.05) is 23.9 Å². The molecule has 34 heavy (non-hydrogen) atoms. The number of carbonyl (C=O) groups excluding carboxylic acids is 2. The van der Waals surface area contributed by atoms with Crippen molar-refractivity contribution in [2.45, 2.75) is 63.5 Å². The Bertz CT molecular complexity index is 1010. The standard InChI is InChI=1S/C27H32N2O5/c1-2-7-18(15-25(30)31)28-26(32)17-12-13-19(14-17)29-27(33)34-16-24-22-10-5-3-8-20(22)21-9-4-6-11-23(21)24/h3-6,8-11,17-19,24H,2,7,12-16H2,1H3,(H,28,32)(H,29,33)(H,30,31)/t17-,18+,19+/m1/s1. The average molecular weight is 465 g/mol. The Hall–Kier alpha value is -3.35. The molecule has 1 fully saturated rings. The van der Waals surface area contributed by atoms with Gasteiger partial charge < -0.3 is 20.5 Å². The molecular weight excluding hydrogens is 432 g/mol. The van der Waals surface area contributed by atoms with Crippen LogP contribution >= 0.6 is 0 Å². The molecular formula is C27H32N2O5. The lowest BCUT2D eigenvalue weighted by Gasteiger charge is -2.19. The number of benzene rings is 2. The summed E-state index contributed by atoms with van der Waals surface area (Å²) in [5, 5.41) is 14.8. The van der Waals surface area contributed by atoms with Gasteiger partial charge in [-0.3, -0.25) is 9.59 Å². The smallest absolute Gasteiger partial charge is 0.407 e. The Labute approximate surface area is 199 Å². The zero-order valence-electron chi connectivity index (χ0n) is 19.5. The maximum atomic E-state index is 12.6. The van der Waals surface area contributed by atoms with Crippen LogP contribution in [0.3, 0.4) is 0 Å². The second kappa shape index (κ2) is 10.7. The highest BCUT2D eigenvalue weighted by Crippen LogP contribution is 2.44. The summed E-state index contributed by atoms with van der Waals surface area (Å²) < 4.78 is 5.62. The van der Waals surface area contributed by atoms with Crippen molar-refractivity contribution in [2.24, 2.45) is 5.92 Å². The van der Waals surface area contributed by atoms with Gasteiger partial charge in [-0.05, 0) is 47.9 Å². The van der Waals surface area contributed by atoms with Gasteiger partial charge in [0.25, 0.3) is 0 Å². The number of amides is 2. The Kier molecular flexibility index (Phi) is 7.50. The third kappa shape index (κ3) is 5.41. The Morgan fingerprint density at radius 2 is 1.68 bits per heavy atom. The molecule has 0 saturated heterocycles. The fourth-order valence-corrected chi connectivity index (χ4v) is 5.26. The van der Waals surface area contributed by atoms with Gasteiger partial charge in [0.05, 0.1) is 6.42 Å². The van der Waals surface area contributed by atoms with Gasteiger partial charge in [-0.15, -0.1) is 0 Å². The minimum Gasteiger partial charge on any atom is -0.481 e. The fraction of sp³-hybridized carbons (Fsp3) is 0.444. The minimum absolute atomic E-state index is 0.00462. The molecule has 1 saturated carbocycles. The number of ether oxygens (including phenoxy) is 1. The first kappa shape index (κ1) is 23.8. The summed E-state index contributed by atoms with van der Waals surface area (Å²) in [6, 6.07) is 15.9. The highest BCUT2D eigenvalue weighted by Gasteiger charge is 2.33. The maximum absolute atomic E-state index is 12.6. The Morgan fingerprint density at radius 1 is 1.03 bits per heavy atom. The van der Waals surface area contributed by atoms with Crippen molar-refractivity contribution in [2.75, 3.05) is 6.61 Å². The van der Waals surface area contributed by atoms with Crippen LogP contribution in [-0.2, 0) is 14.3 Å². The lowest BCUT2D eigenvalue weighted by molar-refractivity contribution is -0.137. The summed E-state index contributed by atoms with van der Waals surface area (Å²) in [6.07, 6.45) is 2.77. The number of hydrogen-bond acceptors (Lipinski definition) is 4. The molecule has 2 aliphatic carbocycles. The van der Waals surface area contributed by atoms with E-state index in [0.717, 1.165) is 17.5 Å². The monoisotopic (exact) mass is 464 g/mol. The quantitative estimate of drug-likeness (QED) is 0.508. The molecule has 2 aliphatic rings. The van der Waals surface area contributed by atoms with Crippen LogP contribution in [0.5, 0.6) is 0 Å². The number of fused-ring (bicyclic) bond motifs is 3. The second-order valence-electron chi connectivity index (χ2n) is 9.27. The second-order valence-corrected chi connectivity index (χ2v) is 9.27. The Morgan fingerprint density at radius 3 is 2.29 bits per heavy atom. The molecule has 7 heteroatoms. The molecule has 2 aromatic carbocycles.